The van der Waals surface area contributed by atoms with E-state index in [1.165, 1.54) is 12.8 Å². The third-order valence-corrected chi connectivity index (χ3v) is 9.44. The van der Waals surface area contributed by atoms with E-state index in [-0.39, 0.29) is 12.3 Å². The molecule has 3 aliphatic heterocycles. The van der Waals surface area contributed by atoms with Crippen LogP contribution in [0.1, 0.15) is 44.1 Å². The first-order valence-corrected chi connectivity index (χ1v) is 15.8. The Morgan fingerprint density at radius 3 is 2.42 bits per heavy atom. The highest BCUT2D eigenvalue weighted by molar-refractivity contribution is 6.35. The van der Waals surface area contributed by atoms with Crippen LogP contribution in [0.4, 0.5) is 5.95 Å². The van der Waals surface area contributed by atoms with Gasteiger partial charge in [-0.15, -0.1) is 0 Å². The second-order valence-corrected chi connectivity index (χ2v) is 13.4. The number of carboxylic acid groups (broad SMARTS) is 1. The summed E-state index contributed by atoms with van der Waals surface area (Å²) in [6, 6.07) is 9.35. The maximum atomic E-state index is 11.1. The van der Waals surface area contributed by atoms with Crippen LogP contribution in [0.5, 0.6) is 11.6 Å². The first-order chi connectivity index (χ1) is 20.7. The summed E-state index contributed by atoms with van der Waals surface area (Å²) in [4.78, 5) is 32.4. The summed E-state index contributed by atoms with van der Waals surface area (Å²) in [6.45, 7) is 6.62. The molecule has 1 unspecified atom stereocenters. The maximum absolute atomic E-state index is 11.1. The van der Waals surface area contributed by atoms with Gasteiger partial charge in [0.2, 0.25) is 11.8 Å². The van der Waals surface area contributed by atoms with E-state index >= 15 is 0 Å². The molecule has 3 fully saturated rings. The van der Waals surface area contributed by atoms with Crippen molar-refractivity contribution in [1.82, 2.24) is 24.8 Å². The minimum Gasteiger partial charge on any atom is -0.481 e. The molecule has 3 aliphatic rings. The third kappa shape index (κ3) is 7.58. The quantitative estimate of drug-likeness (QED) is 0.312. The lowest BCUT2D eigenvalue weighted by atomic mass is 9.79. The second-order valence-electron chi connectivity index (χ2n) is 12.5. The van der Waals surface area contributed by atoms with Gasteiger partial charge in [-0.2, -0.15) is 0 Å². The van der Waals surface area contributed by atoms with Gasteiger partial charge in [0.15, 0.2) is 5.75 Å². The highest BCUT2D eigenvalue weighted by Gasteiger charge is 2.40. The molecule has 0 radical (unpaired) electrons. The van der Waals surface area contributed by atoms with Crippen LogP contribution in [0, 0.1) is 11.3 Å². The molecule has 2 aromatic heterocycles. The summed E-state index contributed by atoms with van der Waals surface area (Å²) < 4.78 is 6.23. The summed E-state index contributed by atoms with van der Waals surface area (Å²) in [5.74, 6) is 1.20. The molecule has 9 nitrogen and oxygen atoms in total. The van der Waals surface area contributed by atoms with Crippen molar-refractivity contribution in [3.8, 4) is 22.9 Å². The minimum absolute atomic E-state index is 0.229. The molecule has 228 valence electrons. The average molecular weight is 626 g/mol. The van der Waals surface area contributed by atoms with Crippen molar-refractivity contribution in [2.45, 2.75) is 45.1 Å². The average Bonchev–Trinajstić information content (AvgIpc) is 3.32. The fraction of sp³-hybridized carbons (Fsp3) is 0.500. The van der Waals surface area contributed by atoms with E-state index in [0.717, 1.165) is 75.6 Å². The van der Waals surface area contributed by atoms with Crippen LogP contribution in [0.15, 0.2) is 42.7 Å². The smallest absolute Gasteiger partial charge is 0.303 e. The Morgan fingerprint density at radius 1 is 1.00 bits per heavy atom. The third-order valence-electron chi connectivity index (χ3n) is 9.01. The molecular formula is C32H38Cl2N6O3. The molecule has 1 aromatic carbocycles. The Balaban J connectivity index is 1.19. The number of carbonyl (C=O) groups is 1. The Bertz CT molecular complexity index is 1430. The monoisotopic (exact) mass is 624 g/mol. The first kappa shape index (κ1) is 30.1. The van der Waals surface area contributed by atoms with Crippen molar-refractivity contribution in [2.24, 2.45) is 11.3 Å². The summed E-state index contributed by atoms with van der Waals surface area (Å²) in [7, 11) is 2.20. The molecule has 3 aromatic rings. The number of aliphatic carboxylic acids is 1. The maximum Gasteiger partial charge on any atom is 0.303 e. The fourth-order valence-electron chi connectivity index (χ4n) is 6.92. The van der Waals surface area contributed by atoms with Gasteiger partial charge < -0.3 is 19.6 Å². The molecule has 43 heavy (non-hydrogen) atoms. The first-order valence-electron chi connectivity index (χ1n) is 15.1. The van der Waals surface area contributed by atoms with Crippen molar-refractivity contribution in [1.29, 1.82) is 0 Å². The van der Waals surface area contributed by atoms with Gasteiger partial charge in [-0.1, -0.05) is 23.2 Å². The Labute approximate surface area is 262 Å². The second kappa shape index (κ2) is 12.9. The number of ether oxygens (including phenoxy) is 1. The van der Waals surface area contributed by atoms with Crippen LogP contribution in [0.3, 0.4) is 0 Å². The number of piperidine rings is 2. The van der Waals surface area contributed by atoms with Gasteiger partial charge in [-0.25, -0.2) is 15.0 Å². The number of pyridine rings is 1. The number of carboxylic acids is 1. The number of halogens is 2. The molecule has 0 saturated carbocycles. The number of nitrogens with zero attached hydrogens (tertiary/aromatic N) is 6. The van der Waals surface area contributed by atoms with Crippen LogP contribution in [0.2, 0.25) is 10.0 Å². The number of hydrogen-bond donors (Lipinski definition) is 1. The van der Waals surface area contributed by atoms with E-state index in [9.17, 15) is 4.79 Å². The zero-order valence-electron chi connectivity index (χ0n) is 24.5. The molecular weight excluding hydrogens is 587 g/mol. The van der Waals surface area contributed by atoms with E-state index in [1.54, 1.807) is 18.5 Å². The molecule has 0 aliphatic carbocycles. The van der Waals surface area contributed by atoms with Gasteiger partial charge in [0.1, 0.15) is 0 Å². The van der Waals surface area contributed by atoms with Gasteiger partial charge in [-0.05, 0) is 94.5 Å². The fourth-order valence-corrected chi connectivity index (χ4v) is 7.45. The zero-order valence-corrected chi connectivity index (χ0v) is 26.0. The summed E-state index contributed by atoms with van der Waals surface area (Å²) in [6.07, 6.45) is 9.06. The molecule has 6 rings (SSSR count). The largest absolute Gasteiger partial charge is 0.481 e. The highest BCUT2D eigenvalue weighted by Crippen LogP contribution is 2.39. The summed E-state index contributed by atoms with van der Waals surface area (Å²) >= 11 is 12.6. The van der Waals surface area contributed by atoms with Gasteiger partial charge >= 0.3 is 5.97 Å². The minimum atomic E-state index is -0.724. The molecule has 5 heterocycles. The number of rotatable bonds is 8. The van der Waals surface area contributed by atoms with Gasteiger partial charge in [0.05, 0.1) is 18.1 Å². The van der Waals surface area contributed by atoms with Gasteiger partial charge in [0.25, 0.3) is 0 Å². The van der Waals surface area contributed by atoms with Crippen LogP contribution < -0.4 is 9.64 Å². The predicted octanol–water partition coefficient (Wildman–Crippen LogP) is 6.25. The van der Waals surface area contributed by atoms with E-state index < -0.39 is 5.97 Å². The molecule has 11 heteroatoms. The lowest BCUT2D eigenvalue weighted by molar-refractivity contribution is -0.138. The van der Waals surface area contributed by atoms with E-state index in [0.29, 0.717) is 39.3 Å². The standard InChI is InChI=1S/C32H38Cl2N6O3/c1-38-10-6-32(20-38)5-2-7-40(21-32)31-35-17-27(18-36-31)43-29-12-23(19-39-8-3-22(4-9-39)13-30(41)42)11-28(37-29)24-14-25(33)16-26(34)15-24/h11-12,14-18,22H,2-10,13,19-21H2,1H3,(H,41,42). The normalized spacial score (nSPS) is 21.9. The van der Waals surface area contributed by atoms with Crippen LogP contribution in [0.25, 0.3) is 11.3 Å². The Kier molecular flexibility index (Phi) is 9.05. The predicted molar refractivity (Wildman–Crippen MR) is 168 cm³/mol. The van der Waals surface area contributed by atoms with Crippen molar-refractivity contribution in [3.05, 3.63) is 58.3 Å². The SMILES string of the molecule is CN1CCC2(CCCN(c3ncc(Oc4cc(CN5CCC(CC(=O)O)CC5)cc(-c5cc(Cl)cc(Cl)c5)n4)cn3)C2)C1. The molecule has 1 spiro atoms. The lowest BCUT2D eigenvalue weighted by Gasteiger charge is -2.40. The summed E-state index contributed by atoms with van der Waals surface area (Å²) in [5, 5.41) is 10.2. The van der Waals surface area contributed by atoms with Crippen molar-refractivity contribution in [2.75, 3.05) is 51.2 Å². The molecule has 0 amide bonds. The van der Waals surface area contributed by atoms with Crippen LogP contribution in [-0.2, 0) is 11.3 Å². The van der Waals surface area contributed by atoms with E-state index in [2.05, 4.69) is 31.7 Å². The van der Waals surface area contributed by atoms with Crippen molar-refractivity contribution in [3.63, 3.8) is 0 Å². The van der Waals surface area contributed by atoms with Crippen LogP contribution in [-0.4, -0.2) is 82.1 Å². The highest BCUT2D eigenvalue weighted by atomic mass is 35.5. The molecule has 0 bridgehead atoms. The Hall–Kier alpha value is -2.98. The number of likely N-dealkylation sites (tertiary alicyclic amines) is 2. The van der Waals surface area contributed by atoms with Crippen molar-refractivity contribution >= 4 is 35.1 Å². The molecule has 1 N–H and O–H groups in total. The molecule has 1 atom stereocenters. The topological polar surface area (TPSA) is 94.9 Å². The number of aromatic nitrogens is 3. The lowest BCUT2D eigenvalue weighted by Crippen LogP contribution is -2.45. The number of benzene rings is 1. The van der Waals surface area contributed by atoms with Gasteiger partial charge in [-0.3, -0.25) is 9.69 Å². The number of hydrogen-bond acceptors (Lipinski definition) is 8. The van der Waals surface area contributed by atoms with Gasteiger partial charge in [0, 0.05) is 59.7 Å². The van der Waals surface area contributed by atoms with Crippen molar-refractivity contribution < 1.29 is 14.6 Å². The number of anilines is 1. The zero-order chi connectivity index (χ0) is 30.0. The Morgan fingerprint density at radius 2 is 1.74 bits per heavy atom. The van der Waals surface area contributed by atoms with E-state index in [4.69, 9.17) is 38.0 Å². The molecule has 3 saturated heterocycles. The summed E-state index contributed by atoms with van der Waals surface area (Å²) in [5.41, 5.74) is 2.87. The van der Waals surface area contributed by atoms with Crippen LogP contribution >= 0.6 is 23.2 Å². The van der Waals surface area contributed by atoms with E-state index in [1.807, 2.05) is 24.3 Å².